The van der Waals surface area contributed by atoms with Gasteiger partial charge in [-0.1, -0.05) is 39.0 Å². The number of nitrogens with zero attached hydrogens (tertiary/aromatic N) is 2. The number of nitro groups is 1. The zero-order valence-electron chi connectivity index (χ0n) is 12.5. The second kappa shape index (κ2) is 5.91. The molecule has 110 valence electrons. The average Bonchev–Trinajstić information content (AvgIpc) is 2.45. The van der Waals surface area contributed by atoms with Crippen LogP contribution in [0.5, 0.6) is 0 Å². The Morgan fingerprint density at radius 2 is 2.00 bits per heavy atom. The zero-order chi connectivity index (χ0) is 15.5. The van der Waals surface area contributed by atoms with Crippen LogP contribution >= 0.6 is 0 Å². The summed E-state index contributed by atoms with van der Waals surface area (Å²) in [5.41, 5.74) is 2.20. The summed E-state index contributed by atoms with van der Waals surface area (Å²) in [5.74, 6) is 0.759. The quantitative estimate of drug-likeness (QED) is 0.683. The third-order valence-electron chi connectivity index (χ3n) is 3.22. The fourth-order valence-electron chi connectivity index (χ4n) is 1.91. The van der Waals surface area contributed by atoms with Crippen molar-refractivity contribution in [1.82, 2.24) is 4.98 Å². The summed E-state index contributed by atoms with van der Waals surface area (Å²) in [6, 6.07) is 10.6. The number of hydrogen-bond donors (Lipinski definition) is 1. The molecule has 0 atom stereocenters. The molecule has 0 bridgehead atoms. The highest BCUT2D eigenvalue weighted by molar-refractivity contribution is 5.40. The molecule has 0 saturated heterocycles. The van der Waals surface area contributed by atoms with Gasteiger partial charge < -0.3 is 5.32 Å². The van der Waals surface area contributed by atoms with E-state index in [4.69, 9.17) is 0 Å². The Morgan fingerprint density at radius 1 is 1.24 bits per heavy atom. The maximum absolute atomic E-state index is 10.7. The highest BCUT2D eigenvalue weighted by atomic mass is 16.6. The third kappa shape index (κ3) is 4.02. The van der Waals surface area contributed by atoms with E-state index in [0.29, 0.717) is 6.54 Å². The van der Waals surface area contributed by atoms with Crippen LogP contribution in [0.2, 0.25) is 0 Å². The molecule has 0 aliphatic carbocycles. The molecule has 0 fully saturated rings. The van der Waals surface area contributed by atoms with Gasteiger partial charge in [0.15, 0.2) is 0 Å². The summed E-state index contributed by atoms with van der Waals surface area (Å²) < 4.78 is 0. The normalized spacial score (nSPS) is 11.2. The van der Waals surface area contributed by atoms with E-state index < -0.39 is 0 Å². The fourth-order valence-corrected chi connectivity index (χ4v) is 1.91. The number of anilines is 1. The van der Waals surface area contributed by atoms with Gasteiger partial charge >= 0.3 is 0 Å². The molecule has 1 aromatic heterocycles. The van der Waals surface area contributed by atoms with Crippen molar-refractivity contribution in [2.45, 2.75) is 32.7 Å². The van der Waals surface area contributed by atoms with Gasteiger partial charge in [-0.15, -0.1) is 0 Å². The summed E-state index contributed by atoms with van der Waals surface area (Å²) in [6.45, 7) is 6.92. The highest BCUT2D eigenvalue weighted by Gasteiger charge is 2.13. The number of non-ortho nitro benzene ring substituents is 1. The summed E-state index contributed by atoms with van der Waals surface area (Å²) >= 11 is 0. The molecule has 0 amide bonds. The number of benzene rings is 1. The molecule has 0 aliphatic rings. The van der Waals surface area contributed by atoms with Crippen LogP contribution in [0.3, 0.4) is 0 Å². The number of pyridine rings is 1. The maximum atomic E-state index is 10.7. The Morgan fingerprint density at radius 3 is 2.57 bits per heavy atom. The van der Waals surface area contributed by atoms with Crippen molar-refractivity contribution in [3.05, 3.63) is 63.8 Å². The molecule has 1 heterocycles. The summed E-state index contributed by atoms with van der Waals surface area (Å²) in [5, 5.41) is 13.9. The molecule has 0 unspecified atom stereocenters. The van der Waals surface area contributed by atoms with E-state index in [1.54, 1.807) is 12.1 Å². The van der Waals surface area contributed by atoms with E-state index in [1.807, 2.05) is 24.4 Å². The molecule has 5 nitrogen and oxygen atoms in total. The van der Waals surface area contributed by atoms with Crippen molar-refractivity contribution < 1.29 is 4.92 Å². The lowest BCUT2D eigenvalue weighted by Crippen LogP contribution is -2.11. The largest absolute Gasteiger partial charge is 0.366 e. The van der Waals surface area contributed by atoms with E-state index in [2.05, 4.69) is 31.1 Å². The van der Waals surface area contributed by atoms with Crippen molar-refractivity contribution >= 4 is 11.5 Å². The van der Waals surface area contributed by atoms with Crippen molar-refractivity contribution in [2.24, 2.45) is 0 Å². The Hall–Kier alpha value is -2.43. The van der Waals surface area contributed by atoms with E-state index in [9.17, 15) is 10.1 Å². The van der Waals surface area contributed by atoms with Crippen LogP contribution in [-0.4, -0.2) is 9.91 Å². The molecule has 2 aromatic rings. The van der Waals surface area contributed by atoms with Gasteiger partial charge in [-0.3, -0.25) is 10.1 Å². The van der Waals surface area contributed by atoms with Crippen LogP contribution in [0.4, 0.5) is 11.5 Å². The van der Waals surface area contributed by atoms with E-state index in [-0.39, 0.29) is 16.0 Å². The predicted molar refractivity (Wildman–Crippen MR) is 83.4 cm³/mol. The van der Waals surface area contributed by atoms with Crippen molar-refractivity contribution in [2.75, 3.05) is 5.32 Å². The molecule has 1 aromatic carbocycles. The average molecular weight is 285 g/mol. The van der Waals surface area contributed by atoms with Crippen LogP contribution < -0.4 is 5.32 Å². The van der Waals surface area contributed by atoms with Crippen LogP contribution in [-0.2, 0) is 12.0 Å². The monoisotopic (exact) mass is 285 g/mol. The first-order chi connectivity index (χ1) is 9.86. The van der Waals surface area contributed by atoms with Crippen LogP contribution in [0.25, 0.3) is 0 Å². The topological polar surface area (TPSA) is 68.1 Å². The van der Waals surface area contributed by atoms with E-state index >= 15 is 0 Å². The first-order valence-electron chi connectivity index (χ1n) is 6.80. The van der Waals surface area contributed by atoms with Gasteiger partial charge in [-0.25, -0.2) is 4.98 Å². The summed E-state index contributed by atoms with van der Waals surface area (Å²) in [4.78, 5) is 14.7. The molecule has 0 radical (unpaired) electrons. The number of hydrogen-bond acceptors (Lipinski definition) is 4. The minimum atomic E-state index is -0.389. The van der Waals surface area contributed by atoms with Crippen molar-refractivity contribution in [3.8, 4) is 0 Å². The lowest BCUT2D eigenvalue weighted by atomic mass is 9.88. The highest BCUT2D eigenvalue weighted by Crippen LogP contribution is 2.22. The van der Waals surface area contributed by atoms with Crippen molar-refractivity contribution in [3.63, 3.8) is 0 Å². The Bertz CT molecular complexity index is 631. The van der Waals surface area contributed by atoms with Gasteiger partial charge in [0.2, 0.25) is 0 Å². The molecular formula is C16H19N3O2. The van der Waals surface area contributed by atoms with Gasteiger partial charge in [-0.05, 0) is 22.6 Å². The van der Waals surface area contributed by atoms with Crippen LogP contribution in [0.1, 0.15) is 31.9 Å². The molecule has 0 aliphatic heterocycles. The molecule has 0 spiro atoms. The minimum Gasteiger partial charge on any atom is -0.366 e. The molecule has 5 heteroatoms. The van der Waals surface area contributed by atoms with Gasteiger partial charge in [0, 0.05) is 24.9 Å². The number of nitro benzene ring substituents is 1. The first-order valence-corrected chi connectivity index (χ1v) is 6.80. The number of rotatable bonds is 4. The standard InChI is InChI=1S/C16H19N3O2/c1-16(2,3)13-7-8-15(18-11-13)17-10-12-5-4-6-14(9-12)19(20)21/h4-9,11H,10H2,1-3H3,(H,17,18). The maximum Gasteiger partial charge on any atom is 0.269 e. The SMILES string of the molecule is CC(C)(C)c1ccc(NCc2cccc([N+](=O)[O-])c2)nc1. The van der Waals surface area contributed by atoms with E-state index in [0.717, 1.165) is 11.4 Å². The lowest BCUT2D eigenvalue weighted by molar-refractivity contribution is -0.384. The Labute approximate surface area is 124 Å². The molecule has 1 N–H and O–H groups in total. The zero-order valence-corrected chi connectivity index (χ0v) is 12.5. The Kier molecular flexibility index (Phi) is 4.21. The molecule has 21 heavy (non-hydrogen) atoms. The number of nitrogens with one attached hydrogen (secondary N) is 1. The van der Waals surface area contributed by atoms with E-state index in [1.165, 1.54) is 11.6 Å². The lowest BCUT2D eigenvalue weighted by Gasteiger charge is -2.18. The van der Waals surface area contributed by atoms with Crippen LogP contribution in [0, 0.1) is 10.1 Å². The van der Waals surface area contributed by atoms with Crippen molar-refractivity contribution in [1.29, 1.82) is 0 Å². The Balaban J connectivity index is 2.03. The van der Waals surface area contributed by atoms with Crippen LogP contribution in [0.15, 0.2) is 42.6 Å². The molecule has 2 rings (SSSR count). The third-order valence-corrected chi connectivity index (χ3v) is 3.22. The van der Waals surface area contributed by atoms with Gasteiger partial charge in [0.05, 0.1) is 4.92 Å². The van der Waals surface area contributed by atoms with Gasteiger partial charge in [-0.2, -0.15) is 0 Å². The molecule has 0 saturated carbocycles. The summed E-state index contributed by atoms with van der Waals surface area (Å²) in [6.07, 6.45) is 1.86. The van der Waals surface area contributed by atoms with Gasteiger partial charge in [0.1, 0.15) is 5.82 Å². The second-order valence-corrected chi connectivity index (χ2v) is 5.96. The summed E-state index contributed by atoms with van der Waals surface area (Å²) in [7, 11) is 0. The first kappa shape index (κ1) is 15.0. The number of aromatic nitrogens is 1. The van der Waals surface area contributed by atoms with Gasteiger partial charge in [0.25, 0.3) is 5.69 Å². The molecular weight excluding hydrogens is 266 g/mol. The second-order valence-electron chi connectivity index (χ2n) is 5.96. The smallest absolute Gasteiger partial charge is 0.269 e. The minimum absolute atomic E-state index is 0.0750. The fraction of sp³-hybridized carbons (Fsp3) is 0.312. The predicted octanol–water partition coefficient (Wildman–Crippen LogP) is 3.90.